The summed E-state index contributed by atoms with van der Waals surface area (Å²) in [5, 5.41) is 7.42. The molecule has 154 valence electrons. The lowest BCUT2D eigenvalue weighted by Crippen LogP contribution is -2.10. The first-order valence-corrected chi connectivity index (χ1v) is 9.77. The van der Waals surface area contributed by atoms with Crippen LogP contribution in [0, 0.1) is 5.41 Å². The van der Waals surface area contributed by atoms with Crippen molar-refractivity contribution in [1.82, 2.24) is 4.98 Å². The molecule has 0 amide bonds. The van der Waals surface area contributed by atoms with Crippen LogP contribution >= 0.6 is 0 Å². The zero-order valence-electron chi connectivity index (χ0n) is 16.9. The van der Waals surface area contributed by atoms with Crippen molar-refractivity contribution in [2.45, 2.75) is 13.3 Å². The molecule has 5 nitrogen and oxygen atoms in total. The number of nitrogens with two attached hydrogens (primary N) is 2. The number of allylic oxidation sites excluding steroid dienone is 1. The topological polar surface area (TPSA) is 98.0 Å². The number of nitrogens with one attached hydrogen (secondary N) is 1. The van der Waals surface area contributed by atoms with E-state index < -0.39 is 5.97 Å². The molecule has 3 rings (SSSR count). The number of pyridine rings is 1. The van der Waals surface area contributed by atoms with Crippen LogP contribution in [0.5, 0.6) is 5.75 Å². The summed E-state index contributed by atoms with van der Waals surface area (Å²) in [6.45, 7) is 2.90. The first-order valence-electron chi connectivity index (χ1n) is 9.77. The van der Waals surface area contributed by atoms with E-state index in [1.165, 1.54) is 0 Å². The van der Waals surface area contributed by atoms with E-state index in [4.69, 9.17) is 21.6 Å². The Kier molecular flexibility index (Phi) is 6.93. The van der Waals surface area contributed by atoms with Crippen LogP contribution in [0.3, 0.4) is 0 Å². The maximum Gasteiger partial charge on any atom is 0.214 e. The van der Waals surface area contributed by atoms with E-state index in [-0.39, 0.29) is 11.3 Å². The third-order valence-electron chi connectivity index (χ3n) is 4.74. The summed E-state index contributed by atoms with van der Waals surface area (Å²) in [7, 11) is 0. The van der Waals surface area contributed by atoms with Crippen LogP contribution in [0.15, 0.2) is 66.9 Å². The maximum atomic E-state index is 13.8. The smallest absolute Gasteiger partial charge is 0.214 e. The van der Waals surface area contributed by atoms with Gasteiger partial charge in [0.1, 0.15) is 12.4 Å². The number of rotatable bonds is 8. The molecule has 0 unspecified atom stereocenters. The van der Waals surface area contributed by atoms with E-state index >= 15 is 0 Å². The SMILES string of the molecule is CC/C(=C(\c1ccc(N)c(C(=N)F)c1)c1ccc(OCCN)cn1)c1ccccc1. The van der Waals surface area contributed by atoms with Gasteiger partial charge in [0.15, 0.2) is 0 Å². The second kappa shape index (κ2) is 9.80. The minimum Gasteiger partial charge on any atom is -0.491 e. The molecule has 0 aliphatic rings. The maximum absolute atomic E-state index is 13.8. The minimum absolute atomic E-state index is 0.0661. The lowest BCUT2D eigenvalue weighted by atomic mass is 9.89. The van der Waals surface area contributed by atoms with Gasteiger partial charge >= 0.3 is 0 Å². The Morgan fingerprint density at radius 3 is 2.43 bits per heavy atom. The number of anilines is 1. The van der Waals surface area contributed by atoms with Crippen LogP contribution in [0.25, 0.3) is 11.1 Å². The first kappa shape index (κ1) is 21.2. The predicted octanol–water partition coefficient (Wildman–Crippen LogP) is 4.67. The summed E-state index contributed by atoms with van der Waals surface area (Å²) in [6, 6.07) is 18.8. The Hall–Kier alpha value is -3.51. The molecule has 2 aromatic carbocycles. The van der Waals surface area contributed by atoms with E-state index in [2.05, 4.69) is 11.9 Å². The van der Waals surface area contributed by atoms with Gasteiger partial charge in [0.05, 0.1) is 17.5 Å². The summed E-state index contributed by atoms with van der Waals surface area (Å²) in [5.41, 5.74) is 16.1. The fraction of sp³-hybridized carbons (Fsp3) is 0.167. The molecule has 1 aromatic heterocycles. The fourth-order valence-corrected chi connectivity index (χ4v) is 3.33. The number of hydrogen-bond donors (Lipinski definition) is 3. The summed E-state index contributed by atoms with van der Waals surface area (Å²) in [4.78, 5) is 4.60. The highest BCUT2D eigenvalue weighted by molar-refractivity contribution is 6.01. The summed E-state index contributed by atoms with van der Waals surface area (Å²) >= 11 is 0. The molecular formula is C24H25FN4O. The molecule has 0 bridgehead atoms. The fourth-order valence-electron chi connectivity index (χ4n) is 3.33. The Morgan fingerprint density at radius 2 is 1.83 bits per heavy atom. The molecule has 0 spiro atoms. The highest BCUT2D eigenvalue weighted by atomic mass is 19.1. The number of aromatic nitrogens is 1. The number of ether oxygens (including phenoxy) is 1. The van der Waals surface area contributed by atoms with Crippen LogP contribution in [-0.2, 0) is 0 Å². The highest BCUT2D eigenvalue weighted by Gasteiger charge is 2.17. The van der Waals surface area contributed by atoms with Crippen molar-refractivity contribution >= 4 is 22.8 Å². The lowest BCUT2D eigenvalue weighted by Gasteiger charge is -2.17. The highest BCUT2D eigenvalue weighted by Crippen LogP contribution is 2.35. The van der Waals surface area contributed by atoms with Crippen LogP contribution in [0.4, 0.5) is 10.1 Å². The van der Waals surface area contributed by atoms with Crippen molar-refractivity contribution in [3.8, 4) is 5.75 Å². The number of nitrogen functional groups attached to an aromatic ring is 1. The van der Waals surface area contributed by atoms with Gasteiger partial charge < -0.3 is 16.2 Å². The molecule has 6 heteroatoms. The number of halogens is 1. The van der Waals surface area contributed by atoms with Gasteiger partial charge in [0.25, 0.3) is 0 Å². The molecule has 0 fully saturated rings. The third kappa shape index (κ3) is 4.72. The van der Waals surface area contributed by atoms with E-state index in [0.29, 0.717) is 18.9 Å². The van der Waals surface area contributed by atoms with Crippen molar-refractivity contribution in [3.63, 3.8) is 0 Å². The van der Waals surface area contributed by atoms with E-state index in [1.807, 2.05) is 48.5 Å². The summed E-state index contributed by atoms with van der Waals surface area (Å²) in [6.07, 6.45) is 2.39. The normalized spacial score (nSPS) is 11.7. The van der Waals surface area contributed by atoms with Gasteiger partial charge in [-0.15, -0.1) is 0 Å². The first-order chi connectivity index (χ1) is 14.5. The lowest BCUT2D eigenvalue weighted by molar-refractivity contribution is 0.327. The summed E-state index contributed by atoms with van der Waals surface area (Å²) in [5.74, 6) is -0.435. The second-order valence-corrected chi connectivity index (χ2v) is 6.71. The standard InChI is InChI=1S/C24H25FN4O/c1-2-19(16-6-4-3-5-7-16)23(17-8-10-21(27)20(14-17)24(25)28)22-11-9-18(15-29-22)30-13-12-26/h3-11,14-15,28H,2,12-13,26-27H2,1H3/b23-19-,28-24?. The van der Waals surface area contributed by atoms with Crippen LogP contribution in [0.2, 0.25) is 0 Å². The van der Waals surface area contributed by atoms with Gasteiger partial charge in [-0.3, -0.25) is 10.4 Å². The molecule has 0 atom stereocenters. The number of benzene rings is 2. The average Bonchev–Trinajstić information content (AvgIpc) is 2.77. The van der Waals surface area contributed by atoms with E-state index in [9.17, 15) is 4.39 Å². The largest absolute Gasteiger partial charge is 0.491 e. The molecule has 5 N–H and O–H groups in total. The van der Waals surface area contributed by atoms with Gasteiger partial charge in [-0.1, -0.05) is 43.3 Å². The Labute approximate surface area is 175 Å². The average molecular weight is 404 g/mol. The van der Waals surface area contributed by atoms with E-state index in [1.54, 1.807) is 18.3 Å². The van der Waals surface area contributed by atoms with Crippen molar-refractivity contribution in [3.05, 3.63) is 89.2 Å². The monoisotopic (exact) mass is 404 g/mol. The molecule has 0 saturated carbocycles. The predicted molar refractivity (Wildman–Crippen MR) is 120 cm³/mol. The quantitative estimate of drug-likeness (QED) is 0.289. The Bertz CT molecular complexity index is 1050. The molecule has 0 aliphatic heterocycles. The number of nitrogens with zero attached hydrogens (tertiary/aromatic N) is 1. The van der Waals surface area contributed by atoms with Crippen molar-refractivity contribution < 1.29 is 9.13 Å². The molecule has 0 radical (unpaired) electrons. The zero-order chi connectivity index (χ0) is 21.5. The third-order valence-corrected chi connectivity index (χ3v) is 4.74. The summed E-state index contributed by atoms with van der Waals surface area (Å²) < 4.78 is 19.3. The van der Waals surface area contributed by atoms with Gasteiger partial charge in [0, 0.05) is 17.8 Å². The van der Waals surface area contributed by atoms with Crippen LogP contribution in [0.1, 0.15) is 35.7 Å². The number of hydrogen-bond acceptors (Lipinski definition) is 5. The van der Waals surface area contributed by atoms with Crippen LogP contribution in [-0.4, -0.2) is 24.1 Å². The Morgan fingerprint density at radius 1 is 1.07 bits per heavy atom. The molecule has 0 saturated heterocycles. The van der Waals surface area contributed by atoms with Crippen molar-refractivity contribution in [2.24, 2.45) is 5.73 Å². The molecule has 1 heterocycles. The molecule has 0 aliphatic carbocycles. The molecule has 3 aromatic rings. The Balaban J connectivity index is 2.21. The molecule has 30 heavy (non-hydrogen) atoms. The minimum atomic E-state index is -1.06. The van der Waals surface area contributed by atoms with Crippen LogP contribution < -0.4 is 16.2 Å². The van der Waals surface area contributed by atoms with Gasteiger partial charge in [-0.2, -0.15) is 4.39 Å². The van der Waals surface area contributed by atoms with Crippen molar-refractivity contribution in [1.29, 1.82) is 5.41 Å². The van der Waals surface area contributed by atoms with Crippen molar-refractivity contribution in [2.75, 3.05) is 18.9 Å². The van der Waals surface area contributed by atoms with Gasteiger partial charge in [-0.05, 0) is 47.4 Å². The van der Waals surface area contributed by atoms with Gasteiger partial charge in [0.2, 0.25) is 5.97 Å². The van der Waals surface area contributed by atoms with Gasteiger partial charge in [-0.25, -0.2) is 0 Å². The zero-order valence-corrected chi connectivity index (χ0v) is 16.9. The van der Waals surface area contributed by atoms with E-state index in [0.717, 1.165) is 34.4 Å². The second-order valence-electron chi connectivity index (χ2n) is 6.71. The molecular weight excluding hydrogens is 379 g/mol.